The van der Waals surface area contributed by atoms with E-state index in [1.54, 1.807) is 12.3 Å². The summed E-state index contributed by atoms with van der Waals surface area (Å²) in [5, 5.41) is 11.6. The van der Waals surface area contributed by atoms with Gasteiger partial charge in [-0.1, -0.05) is 0 Å². The molecule has 0 fully saturated rings. The highest BCUT2D eigenvalue weighted by atomic mass is 16.4. The molecule has 7 heteroatoms. The number of carbonyl (C=O) groups is 2. The van der Waals surface area contributed by atoms with Crippen molar-refractivity contribution < 1.29 is 14.7 Å². The van der Waals surface area contributed by atoms with Crippen molar-refractivity contribution in [2.45, 2.75) is 19.4 Å². The molecule has 0 aliphatic carbocycles. The first kappa shape index (κ1) is 13.7. The molecule has 2 heterocycles. The highest BCUT2D eigenvalue weighted by Gasteiger charge is 2.21. The van der Waals surface area contributed by atoms with Crippen LogP contribution >= 0.6 is 0 Å². The van der Waals surface area contributed by atoms with Crippen molar-refractivity contribution >= 4 is 11.9 Å². The number of amides is 1. The summed E-state index contributed by atoms with van der Waals surface area (Å²) in [7, 11) is 0. The van der Waals surface area contributed by atoms with Gasteiger partial charge < -0.3 is 15.4 Å². The topological polar surface area (TPSA) is 108 Å². The van der Waals surface area contributed by atoms with E-state index in [0.717, 1.165) is 5.56 Å². The van der Waals surface area contributed by atoms with Gasteiger partial charge in [-0.3, -0.25) is 9.78 Å². The lowest BCUT2D eigenvalue weighted by Gasteiger charge is -2.13. The second-order valence-electron chi connectivity index (χ2n) is 4.40. The summed E-state index contributed by atoms with van der Waals surface area (Å²) in [5.41, 5.74) is 1.80. The van der Waals surface area contributed by atoms with Gasteiger partial charge >= 0.3 is 5.97 Å². The predicted molar refractivity (Wildman–Crippen MR) is 70.2 cm³/mol. The summed E-state index contributed by atoms with van der Waals surface area (Å²) in [5.74, 6) is -1.57. The normalized spacial score (nSPS) is 11.8. The lowest BCUT2D eigenvalue weighted by molar-refractivity contribution is -0.139. The largest absolute Gasteiger partial charge is 0.480 e. The van der Waals surface area contributed by atoms with Gasteiger partial charge in [-0.25, -0.2) is 9.78 Å². The molecule has 3 N–H and O–H groups in total. The van der Waals surface area contributed by atoms with Crippen LogP contribution in [-0.2, 0) is 11.2 Å². The lowest BCUT2D eigenvalue weighted by Crippen LogP contribution is -2.42. The highest BCUT2D eigenvalue weighted by Crippen LogP contribution is 2.04. The van der Waals surface area contributed by atoms with E-state index in [0.29, 0.717) is 11.3 Å². The molecular formula is C13H14N4O3. The van der Waals surface area contributed by atoms with Crippen molar-refractivity contribution in [3.05, 3.63) is 47.8 Å². The molecule has 2 aromatic rings. The van der Waals surface area contributed by atoms with Crippen LogP contribution in [0.2, 0.25) is 0 Å². The minimum Gasteiger partial charge on any atom is -0.480 e. The molecule has 20 heavy (non-hydrogen) atoms. The molecule has 2 aromatic heterocycles. The summed E-state index contributed by atoms with van der Waals surface area (Å²) < 4.78 is 0. The van der Waals surface area contributed by atoms with Crippen LogP contribution < -0.4 is 5.32 Å². The van der Waals surface area contributed by atoms with E-state index in [1.165, 1.54) is 18.7 Å². The number of hydrogen-bond acceptors (Lipinski definition) is 4. The number of nitrogens with one attached hydrogen (secondary N) is 2. The number of carbonyl (C=O) groups excluding carboxylic acids is 1. The second-order valence-corrected chi connectivity index (χ2v) is 4.40. The number of aromatic nitrogens is 3. The Kier molecular flexibility index (Phi) is 4.09. The maximum Gasteiger partial charge on any atom is 0.326 e. The molecule has 0 unspecified atom stereocenters. The first-order valence-electron chi connectivity index (χ1n) is 5.99. The summed E-state index contributed by atoms with van der Waals surface area (Å²) >= 11 is 0. The molecule has 7 nitrogen and oxygen atoms in total. The Balaban J connectivity index is 2.08. The van der Waals surface area contributed by atoms with Crippen LogP contribution in [0.5, 0.6) is 0 Å². The first-order valence-corrected chi connectivity index (χ1v) is 5.99. The third-order valence-electron chi connectivity index (χ3n) is 2.72. The number of rotatable bonds is 5. The number of aliphatic carboxylic acids is 1. The molecule has 0 saturated heterocycles. The fraction of sp³-hybridized carbons (Fsp3) is 0.231. The standard InChI is InChI=1S/C13H14N4O3/c1-8-2-9(5-14-4-8)12(18)17-11(13(19)20)3-10-6-15-7-16-10/h2,4-7,11H,3H2,1H3,(H,15,16)(H,17,18)(H,19,20)/t11-/m0/s1. The van der Waals surface area contributed by atoms with Gasteiger partial charge in [-0.15, -0.1) is 0 Å². The van der Waals surface area contributed by atoms with Crippen LogP contribution in [0, 0.1) is 6.92 Å². The van der Waals surface area contributed by atoms with E-state index in [-0.39, 0.29) is 6.42 Å². The zero-order valence-electron chi connectivity index (χ0n) is 10.8. The van der Waals surface area contributed by atoms with Crippen LogP contribution in [0.1, 0.15) is 21.6 Å². The minimum atomic E-state index is -1.10. The van der Waals surface area contributed by atoms with E-state index in [4.69, 9.17) is 5.11 Å². The second kappa shape index (κ2) is 5.96. The average Bonchev–Trinajstić information content (AvgIpc) is 2.90. The third kappa shape index (κ3) is 3.41. The van der Waals surface area contributed by atoms with Crippen molar-refractivity contribution in [2.24, 2.45) is 0 Å². The highest BCUT2D eigenvalue weighted by molar-refractivity contribution is 5.96. The Morgan fingerprint density at radius 2 is 2.15 bits per heavy atom. The summed E-state index contributed by atoms with van der Waals surface area (Å²) in [6, 6.07) is 0.626. The third-order valence-corrected chi connectivity index (χ3v) is 2.72. The molecule has 2 rings (SSSR count). The number of carboxylic acid groups (broad SMARTS) is 1. The Morgan fingerprint density at radius 3 is 2.75 bits per heavy atom. The number of carboxylic acids is 1. The molecular weight excluding hydrogens is 260 g/mol. The van der Waals surface area contributed by atoms with Gasteiger partial charge in [-0.2, -0.15) is 0 Å². The Bertz CT molecular complexity index is 610. The fourth-order valence-corrected chi connectivity index (χ4v) is 1.74. The molecule has 0 bridgehead atoms. The predicted octanol–water partition coefficient (Wildman–Crippen LogP) is 0.539. The molecule has 1 amide bonds. The summed E-state index contributed by atoms with van der Waals surface area (Å²) in [6.07, 6.45) is 6.14. The molecule has 0 aliphatic rings. The minimum absolute atomic E-state index is 0.139. The molecule has 0 spiro atoms. The van der Waals surface area contributed by atoms with E-state index in [9.17, 15) is 9.59 Å². The maximum atomic E-state index is 12.0. The number of pyridine rings is 1. The molecule has 0 radical (unpaired) electrons. The van der Waals surface area contributed by atoms with E-state index < -0.39 is 17.9 Å². The number of nitrogens with zero attached hydrogens (tertiary/aromatic N) is 2. The van der Waals surface area contributed by atoms with Crippen molar-refractivity contribution in [1.29, 1.82) is 0 Å². The van der Waals surface area contributed by atoms with Crippen LogP contribution in [0.25, 0.3) is 0 Å². The number of aryl methyl sites for hydroxylation is 1. The smallest absolute Gasteiger partial charge is 0.326 e. The van der Waals surface area contributed by atoms with Crippen LogP contribution in [0.3, 0.4) is 0 Å². The summed E-state index contributed by atoms with van der Waals surface area (Å²) in [4.78, 5) is 33.7. The average molecular weight is 274 g/mol. The van der Waals surface area contributed by atoms with Crippen molar-refractivity contribution in [3.63, 3.8) is 0 Å². The van der Waals surface area contributed by atoms with Crippen molar-refractivity contribution in [1.82, 2.24) is 20.3 Å². The fourth-order valence-electron chi connectivity index (χ4n) is 1.74. The van der Waals surface area contributed by atoms with E-state index in [2.05, 4.69) is 20.3 Å². The first-order chi connectivity index (χ1) is 9.56. The van der Waals surface area contributed by atoms with Crippen molar-refractivity contribution in [3.8, 4) is 0 Å². The van der Waals surface area contributed by atoms with Crippen LogP contribution in [0.15, 0.2) is 31.0 Å². The quantitative estimate of drug-likeness (QED) is 0.737. The zero-order chi connectivity index (χ0) is 14.5. The van der Waals surface area contributed by atoms with Gasteiger partial charge in [0.25, 0.3) is 5.91 Å². The number of aromatic amines is 1. The molecule has 0 aromatic carbocycles. The van der Waals surface area contributed by atoms with E-state index in [1.807, 2.05) is 6.92 Å². The maximum absolute atomic E-state index is 12.0. The van der Waals surface area contributed by atoms with Crippen LogP contribution in [-0.4, -0.2) is 38.0 Å². The van der Waals surface area contributed by atoms with Crippen molar-refractivity contribution in [2.75, 3.05) is 0 Å². The van der Waals surface area contributed by atoms with Crippen LogP contribution in [0.4, 0.5) is 0 Å². The number of H-pyrrole nitrogens is 1. The molecule has 0 saturated carbocycles. The number of hydrogen-bond donors (Lipinski definition) is 3. The monoisotopic (exact) mass is 274 g/mol. The Labute approximate surface area is 115 Å². The Hall–Kier alpha value is -2.70. The molecule has 0 aliphatic heterocycles. The Morgan fingerprint density at radius 1 is 1.35 bits per heavy atom. The van der Waals surface area contributed by atoms with Gasteiger partial charge in [0.05, 0.1) is 11.9 Å². The zero-order valence-corrected chi connectivity index (χ0v) is 10.8. The molecule has 104 valence electrons. The van der Waals surface area contributed by atoms with Gasteiger partial charge in [0.1, 0.15) is 6.04 Å². The summed E-state index contributed by atoms with van der Waals surface area (Å²) in [6.45, 7) is 1.81. The van der Waals surface area contributed by atoms with E-state index >= 15 is 0 Å². The van der Waals surface area contributed by atoms with Gasteiger partial charge in [0.2, 0.25) is 0 Å². The SMILES string of the molecule is Cc1cncc(C(=O)N[C@@H](Cc2cnc[nH]2)C(=O)O)c1. The van der Waals surface area contributed by atoms with Gasteiger partial charge in [0.15, 0.2) is 0 Å². The molecule has 1 atom stereocenters. The van der Waals surface area contributed by atoms with Gasteiger partial charge in [0, 0.05) is 30.7 Å². The lowest BCUT2D eigenvalue weighted by atomic mass is 10.1. The number of imidazole rings is 1. The van der Waals surface area contributed by atoms with Gasteiger partial charge in [-0.05, 0) is 18.6 Å².